The Morgan fingerprint density at radius 1 is 1.44 bits per heavy atom. The smallest absolute Gasteiger partial charge is 0.128 e. The molecule has 1 aliphatic rings. The van der Waals surface area contributed by atoms with Gasteiger partial charge < -0.3 is 5.73 Å². The number of hydrogen-bond acceptors (Lipinski definition) is 2. The van der Waals surface area contributed by atoms with E-state index in [0.717, 1.165) is 42.4 Å². The second-order valence-electron chi connectivity index (χ2n) is 4.90. The van der Waals surface area contributed by atoms with Gasteiger partial charge in [-0.15, -0.1) is 0 Å². The summed E-state index contributed by atoms with van der Waals surface area (Å²) in [7, 11) is 0. The quantitative estimate of drug-likeness (QED) is 0.905. The third-order valence-corrected chi connectivity index (χ3v) is 4.21. The third kappa shape index (κ3) is 2.92. The van der Waals surface area contributed by atoms with Gasteiger partial charge in [-0.05, 0) is 44.1 Å². The standard InChI is InChI=1S/C14H20BrFN2/c1-2-18-8-4-3-5-13(17)14(18)11-9-10(15)6-7-12(11)16/h6-7,9,13-14H,2-5,8,17H2,1H3. The van der Waals surface area contributed by atoms with E-state index in [9.17, 15) is 4.39 Å². The number of nitrogens with two attached hydrogens (primary N) is 1. The maximum Gasteiger partial charge on any atom is 0.128 e. The molecule has 0 amide bonds. The van der Waals surface area contributed by atoms with Crippen molar-refractivity contribution >= 4 is 15.9 Å². The summed E-state index contributed by atoms with van der Waals surface area (Å²) in [5.41, 5.74) is 7.00. The van der Waals surface area contributed by atoms with Crippen LogP contribution < -0.4 is 5.73 Å². The number of likely N-dealkylation sites (tertiary alicyclic amines) is 1. The fraction of sp³-hybridized carbons (Fsp3) is 0.571. The van der Waals surface area contributed by atoms with Gasteiger partial charge in [0.15, 0.2) is 0 Å². The highest BCUT2D eigenvalue weighted by Crippen LogP contribution is 2.32. The fourth-order valence-electron chi connectivity index (χ4n) is 2.79. The Hall–Kier alpha value is -0.450. The van der Waals surface area contributed by atoms with Crippen molar-refractivity contribution in [2.75, 3.05) is 13.1 Å². The van der Waals surface area contributed by atoms with Gasteiger partial charge in [0.25, 0.3) is 0 Å². The average molecular weight is 315 g/mol. The Bertz CT molecular complexity index is 411. The van der Waals surface area contributed by atoms with Crippen LogP contribution in [0.1, 0.15) is 37.8 Å². The van der Waals surface area contributed by atoms with Crippen molar-refractivity contribution in [2.45, 2.75) is 38.3 Å². The zero-order valence-electron chi connectivity index (χ0n) is 10.7. The lowest BCUT2D eigenvalue weighted by Crippen LogP contribution is -2.40. The molecule has 1 fully saturated rings. The normalized spacial score (nSPS) is 26.0. The Balaban J connectivity index is 2.39. The summed E-state index contributed by atoms with van der Waals surface area (Å²) in [4.78, 5) is 2.29. The molecule has 4 heteroatoms. The highest BCUT2D eigenvalue weighted by atomic mass is 79.9. The van der Waals surface area contributed by atoms with E-state index in [-0.39, 0.29) is 17.9 Å². The van der Waals surface area contributed by atoms with Crippen molar-refractivity contribution < 1.29 is 4.39 Å². The number of benzene rings is 1. The van der Waals surface area contributed by atoms with Gasteiger partial charge in [0, 0.05) is 16.1 Å². The first-order valence-corrected chi connectivity index (χ1v) is 7.37. The molecule has 1 heterocycles. The lowest BCUT2D eigenvalue weighted by molar-refractivity contribution is 0.191. The Morgan fingerprint density at radius 2 is 2.22 bits per heavy atom. The average Bonchev–Trinajstić information content (AvgIpc) is 2.54. The predicted octanol–water partition coefficient (Wildman–Crippen LogP) is 3.46. The van der Waals surface area contributed by atoms with Crippen LogP contribution in [0.5, 0.6) is 0 Å². The van der Waals surface area contributed by atoms with Gasteiger partial charge in [0.2, 0.25) is 0 Å². The molecular formula is C14H20BrFN2. The minimum absolute atomic E-state index is 0.00463. The number of nitrogens with zero attached hydrogens (tertiary/aromatic N) is 1. The summed E-state index contributed by atoms with van der Waals surface area (Å²) < 4.78 is 15.0. The van der Waals surface area contributed by atoms with E-state index in [4.69, 9.17) is 5.73 Å². The molecule has 2 atom stereocenters. The van der Waals surface area contributed by atoms with E-state index in [1.54, 1.807) is 6.07 Å². The number of halogens is 2. The molecule has 100 valence electrons. The lowest BCUT2D eigenvalue weighted by atomic mass is 9.96. The SMILES string of the molecule is CCN1CCCCC(N)C1c1cc(Br)ccc1F. The first-order valence-electron chi connectivity index (χ1n) is 6.58. The predicted molar refractivity (Wildman–Crippen MR) is 75.9 cm³/mol. The molecule has 1 aromatic rings. The van der Waals surface area contributed by atoms with Gasteiger partial charge in [-0.25, -0.2) is 4.39 Å². The van der Waals surface area contributed by atoms with Crippen LogP contribution in [-0.2, 0) is 0 Å². The highest BCUT2D eigenvalue weighted by Gasteiger charge is 2.29. The minimum Gasteiger partial charge on any atom is -0.326 e. The van der Waals surface area contributed by atoms with E-state index in [1.807, 2.05) is 6.07 Å². The third-order valence-electron chi connectivity index (χ3n) is 3.71. The van der Waals surface area contributed by atoms with Crippen molar-refractivity contribution in [3.05, 3.63) is 34.1 Å². The molecule has 0 spiro atoms. The molecule has 0 bridgehead atoms. The van der Waals surface area contributed by atoms with Crippen LogP contribution in [0.4, 0.5) is 4.39 Å². The largest absolute Gasteiger partial charge is 0.326 e. The number of likely N-dealkylation sites (N-methyl/N-ethyl adjacent to an activating group) is 1. The van der Waals surface area contributed by atoms with Crippen LogP contribution in [0.3, 0.4) is 0 Å². The van der Waals surface area contributed by atoms with Gasteiger partial charge >= 0.3 is 0 Å². The molecule has 1 aliphatic heterocycles. The maximum absolute atomic E-state index is 14.1. The van der Waals surface area contributed by atoms with Crippen molar-refractivity contribution in [2.24, 2.45) is 5.73 Å². The van der Waals surface area contributed by atoms with Gasteiger partial charge in [0.05, 0.1) is 6.04 Å². The Labute approximate surface area is 116 Å². The second-order valence-corrected chi connectivity index (χ2v) is 5.81. The summed E-state index contributed by atoms with van der Waals surface area (Å²) in [6.45, 7) is 4.02. The van der Waals surface area contributed by atoms with E-state index in [0.29, 0.717) is 0 Å². The van der Waals surface area contributed by atoms with Gasteiger partial charge in [-0.1, -0.05) is 29.3 Å². The second kappa shape index (κ2) is 6.13. The highest BCUT2D eigenvalue weighted by molar-refractivity contribution is 9.10. The molecule has 0 aromatic heterocycles. The van der Waals surface area contributed by atoms with Gasteiger partial charge in [0.1, 0.15) is 5.82 Å². The lowest BCUT2D eigenvalue weighted by Gasteiger charge is -2.33. The molecule has 18 heavy (non-hydrogen) atoms. The maximum atomic E-state index is 14.1. The monoisotopic (exact) mass is 314 g/mol. The van der Waals surface area contributed by atoms with Crippen LogP contribution in [0.2, 0.25) is 0 Å². The van der Waals surface area contributed by atoms with Crippen molar-refractivity contribution in [1.29, 1.82) is 0 Å². The zero-order chi connectivity index (χ0) is 13.1. The molecule has 1 saturated heterocycles. The summed E-state index contributed by atoms with van der Waals surface area (Å²) in [6.07, 6.45) is 3.24. The number of hydrogen-bond donors (Lipinski definition) is 1. The zero-order valence-corrected chi connectivity index (χ0v) is 12.3. The van der Waals surface area contributed by atoms with Gasteiger partial charge in [-0.3, -0.25) is 4.90 Å². The first-order chi connectivity index (χ1) is 8.63. The van der Waals surface area contributed by atoms with Crippen LogP contribution in [-0.4, -0.2) is 24.0 Å². The van der Waals surface area contributed by atoms with Crippen molar-refractivity contribution in [3.63, 3.8) is 0 Å². The first kappa shape index (κ1) is 14.0. The molecule has 2 N–H and O–H groups in total. The Morgan fingerprint density at radius 3 is 2.94 bits per heavy atom. The number of rotatable bonds is 2. The van der Waals surface area contributed by atoms with E-state index in [2.05, 4.69) is 27.8 Å². The summed E-state index contributed by atoms with van der Waals surface area (Å²) >= 11 is 3.42. The van der Waals surface area contributed by atoms with E-state index in [1.165, 1.54) is 6.07 Å². The summed E-state index contributed by atoms with van der Waals surface area (Å²) in [5.74, 6) is -0.154. The molecule has 2 rings (SSSR count). The van der Waals surface area contributed by atoms with Crippen LogP contribution in [0, 0.1) is 5.82 Å². The van der Waals surface area contributed by atoms with E-state index >= 15 is 0 Å². The fourth-order valence-corrected chi connectivity index (χ4v) is 3.16. The molecule has 0 radical (unpaired) electrons. The molecule has 1 aromatic carbocycles. The Kier molecular flexibility index (Phi) is 4.76. The van der Waals surface area contributed by atoms with Crippen molar-refractivity contribution in [3.8, 4) is 0 Å². The molecule has 2 nitrogen and oxygen atoms in total. The molecular weight excluding hydrogens is 295 g/mol. The topological polar surface area (TPSA) is 29.3 Å². The van der Waals surface area contributed by atoms with Gasteiger partial charge in [-0.2, -0.15) is 0 Å². The van der Waals surface area contributed by atoms with Crippen molar-refractivity contribution in [1.82, 2.24) is 4.90 Å². The molecule has 0 aliphatic carbocycles. The molecule has 0 saturated carbocycles. The molecule has 2 unspecified atom stereocenters. The summed E-state index contributed by atoms with van der Waals surface area (Å²) in [6, 6.07) is 5.13. The van der Waals surface area contributed by atoms with Crippen LogP contribution >= 0.6 is 15.9 Å². The van der Waals surface area contributed by atoms with Crippen LogP contribution in [0.15, 0.2) is 22.7 Å². The van der Waals surface area contributed by atoms with Crippen LogP contribution in [0.25, 0.3) is 0 Å². The summed E-state index contributed by atoms with van der Waals surface area (Å²) in [5, 5.41) is 0. The minimum atomic E-state index is -0.154. The van der Waals surface area contributed by atoms with E-state index < -0.39 is 0 Å².